The first kappa shape index (κ1) is 7.03. The molecule has 2 N–H and O–H groups in total. The summed E-state index contributed by atoms with van der Waals surface area (Å²) in [6.07, 6.45) is 2.29. The van der Waals surface area contributed by atoms with Crippen LogP contribution < -0.4 is 5.48 Å². The zero-order valence-electron chi connectivity index (χ0n) is 6.09. The number of hydrogen-bond donors (Lipinski definition) is 2. The van der Waals surface area contributed by atoms with Crippen LogP contribution in [0.25, 0.3) is 0 Å². The van der Waals surface area contributed by atoms with E-state index < -0.39 is 0 Å². The second kappa shape index (κ2) is 2.67. The van der Waals surface area contributed by atoms with Crippen LogP contribution in [0.2, 0.25) is 0 Å². The lowest BCUT2D eigenvalue weighted by Gasteiger charge is -2.36. The molecule has 0 aromatic heterocycles. The fourth-order valence-corrected chi connectivity index (χ4v) is 1.31. The van der Waals surface area contributed by atoms with Crippen molar-refractivity contribution in [2.24, 2.45) is 11.8 Å². The molecule has 0 bridgehead atoms. The van der Waals surface area contributed by atoms with Crippen LogP contribution in [0, 0.1) is 11.8 Å². The third-order valence-electron chi connectivity index (χ3n) is 2.30. The summed E-state index contributed by atoms with van der Waals surface area (Å²) in [5, 5.41) is 8.44. The van der Waals surface area contributed by atoms with Crippen LogP contribution in [-0.2, 0) is 0 Å². The second-order valence-corrected chi connectivity index (χ2v) is 3.30. The number of hydrogen-bond acceptors (Lipinski definition) is 2. The molecule has 0 aromatic rings. The summed E-state index contributed by atoms with van der Waals surface area (Å²) in [4.78, 5) is 0. The Morgan fingerprint density at radius 1 is 1.44 bits per heavy atom. The molecule has 9 heavy (non-hydrogen) atoms. The first-order valence-electron chi connectivity index (χ1n) is 3.63. The Balaban J connectivity index is 2.12. The monoisotopic (exact) mass is 129 g/mol. The first-order valence-corrected chi connectivity index (χ1v) is 3.63. The predicted octanol–water partition coefficient (Wildman–Crippen LogP) is 1.40. The lowest BCUT2D eigenvalue weighted by Crippen LogP contribution is -2.41. The van der Waals surface area contributed by atoms with Crippen LogP contribution >= 0.6 is 0 Å². The third-order valence-corrected chi connectivity index (χ3v) is 2.30. The van der Waals surface area contributed by atoms with Gasteiger partial charge in [0.2, 0.25) is 0 Å². The van der Waals surface area contributed by atoms with Crippen molar-refractivity contribution in [2.45, 2.75) is 32.7 Å². The highest BCUT2D eigenvalue weighted by molar-refractivity contribution is 4.84. The topological polar surface area (TPSA) is 32.3 Å². The summed E-state index contributed by atoms with van der Waals surface area (Å²) in [6.45, 7) is 4.47. The lowest BCUT2D eigenvalue weighted by atomic mass is 9.74. The van der Waals surface area contributed by atoms with Crippen molar-refractivity contribution in [1.29, 1.82) is 0 Å². The van der Waals surface area contributed by atoms with Crippen LogP contribution in [0.1, 0.15) is 26.7 Å². The summed E-state index contributed by atoms with van der Waals surface area (Å²) < 4.78 is 0. The van der Waals surface area contributed by atoms with Crippen molar-refractivity contribution < 1.29 is 5.21 Å². The Morgan fingerprint density at radius 2 is 2.00 bits per heavy atom. The van der Waals surface area contributed by atoms with E-state index in [0.717, 1.165) is 24.7 Å². The van der Waals surface area contributed by atoms with Crippen LogP contribution in [0.4, 0.5) is 0 Å². The fourth-order valence-electron chi connectivity index (χ4n) is 1.31. The minimum Gasteiger partial charge on any atom is -0.317 e. The largest absolute Gasteiger partial charge is 0.317 e. The van der Waals surface area contributed by atoms with E-state index in [1.807, 2.05) is 0 Å². The molecule has 0 spiro atoms. The molecule has 1 aliphatic carbocycles. The Bertz CT molecular complexity index is 86.9. The van der Waals surface area contributed by atoms with E-state index in [1.165, 1.54) is 0 Å². The molecule has 1 saturated carbocycles. The van der Waals surface area contributed by atoms with Crippen molar-refractivity contribution in [3.8, 4) is 0 Å². The van der Waals surface area contributed by atoms with Crippen LogP contribution in [0.3, 0.4) is 0 Å². The molecule has 1 fully saturated rings. The molecule has 0 saturated heterocycles. The molecule has 1 aliphatic rings. The Hall–Kier alpha value is -0.0800. The summed E-state index contributed by atoms with van der Waals surface area (Å²) in [5.74, 6) is 1.63. The number of hydroxylamine groups is 1. The van der Waals surface area contributed by atoms with E-state index in [1.54, 1.807) is 0 Å². The molecule has 54 valence electrons. The predicted molar refractivity (Wildman–Crippen MR) is 36.3 cm³/mol. The zero-order chi connectivity index (χ0) is 6.85. The van der Waals surface area contributed by atoms with Crippen molar-refractivity contribution in [2.75, 3.05) is 0 Å². The first-order chi connectivity index (χ1) is 4.24. The molecule has 0 unspecified atom stereocenters. The van der Waals surface area contributed by atoms with Crippen LogP contribution in [0.15, 0.2) is 0 Å². The molecular formula is C7H15NO. The quantitative estimate of drug-likeness (QED) is 0.552. The highest BCUT2D eigenvalue weighted by Crippen LogP contribution is 2.32. The Morgan fingerprint density at radius 3 is 2.33 bits per heavy atom. The minimum absolute atomic E-state index is 0.386. The average molecular weight is 129 g/mol. The highest BCUT2D eigenvalue weighted by Gasteiger charge is 2.30. The lowest BCUT2D eigenvalue weighted by molar-refractivity contribution is 0.0434. The molecular weight excluding hydrogens is 114 g/mol. The van der Waals surface area contributed by atoms with Gasteiger partial charge in [-0.05, 0) is 24.7 Å². The molecule has 2 heteroatoms. The van der Waals surface area contributed by atoms with Crippen molar-refractivity contribution in [1.82, 2.24) is 5.48 Å². The molecule has 0 radical (unpaired) electrons. The van der Waals surface area contributed by atoms with Crippen molar-refractivity contribution in [3.63, 3.8) is 0 Å². The van der Waals surface area contributed by atoms with Crippen molar-refractivity contribution >= 4 is 0 Å². The van der Waals surface area contributed by atoms with E-state index >= 15 is 0 Å². The third kappa shape index (κ3) is 1.43. The standard InChI is InChI=1S/C7H15NO/c1-5(2)6-3-7(4-6)8-9/h5-9H,3-4H2,1-2H3. The van der Waals surface area contributed by atoms with Crippen LogP contribution in [-0.4, -0.2) is 11.2 Å². The maximum Gasteiger partial charge on any atom is 0.0325 e. The maximum absolute atomic E-state index is 8.44. The van der Waals surface area contributed by atoms with Gasteiger partial charge >= 0.3 is 0 Å². The van der Waals surface area contributed by atoms with E-state index in [4.69, 9.17) is 5.21 Å². The maximum atomic E-state index is 8.44. The van der Waals surface area contributed by atoms with Gasteiger partial charge in [0.1, 0.15) is 0 Å². The van der Waals surface area contributed by atoms with Gasteiger partial charge in [0, 0.05) is 6.04 Å². The molecule has 2 nitrogen and oxygen atoms in total. The summed E-state index contributed by atoms with van der Waals surface area (Å²) >= 11 is 0. The number of nitrogens with one attached hydrogen (secondary N) is 1. The highest BCUT2D eigenvalue weighted by atomic mass is 16.5. The molecule has 1 rings (SSSR count). The molecule has 0 aliphatic heterocycles. The Labute approximate surface area is 56.2 Å². The normalized spacial score (nSPS) is 34.7. The van der Waals surface area contributed by atoms with Gasteiger partial charge in [0.15, 0.2) is 0 Å². The summed E-state index contributed by atoms with van der Waals surface area (Å²) in [7, 11) is 0. The van der Waals surface area contributed by atoms with E-state index in [-0.39, 0.29) is 0 Å². The Kier molecular flexibility index (Phi) is 2.09. The van der Waals surface area contributed by atoms with Gasteiger partial charge in [-0.25, -0.2) is 5.48 Å². The smallest absolute Gasteiger partial charge is 0.0325 e. The number of rotatable bonds is 2. The van der Waals surface area contributed by atoms with E-state index in [2.05, 4.69) is 19.3 Å². The SMILES string of the molecule is CC(C)C1CC(NO)C1. The molecule has 0 amide bonds. The van der Waals surface area contributed by atoms with Gasteiger partial charge in [-0.15, -0.1) is 0 Å². The van der Waals surface area contributed by atoms with E-state index in [0.29, 0.717) is 6.04 Å². The molecule has 0 heterocycles. The van der Waals surface area contributed by atoms with Crippen LogP contribution in [0.5, 0.6) is 0 Å². The van der Waals surface area contributed by atoms with Gasteiger partial charge in [0.25, 0.3) is 0 Å². The van der Waals surface area contributed by atoms with Gasteiger partial charge in [0.05, 0.1) is 0 Å². The molecule has 0 aromatic carbocycles. The van der Waals surface area contributed by atoms with Crippen molar-refractivity contribution in [3.05, 3.63) is 0 Å². The van der Waals surface area contributed by atoms with Gasteiger partial charge in [-0.2, -0.15) is 0 Å². The molecule has 0 atom stereocenters. The van der Waals surface area contributed by atoms with E-state index in [9.17, 15) is 0 Å². The summed E-state index contributed by atoms with van der Waals surface area (Å²) in [6, 6.07) is 0.386. The van der Waals surface area contributed by atoms with Gasteiger partial charge in [-0.1, -0.05) is 13.8 Å². The second-order valence-electron chi connectivity index (χ2n) is 3.30. The minimum atomic E-state index is 0.386. The van der Waals surface area contributed by atoms with Gasteiger partial charge < -0.3 is 5.21 Å². The summed E-state index contributed by atoms with van der Waals surface area (Å²) in [5.41, 5.74) is 2.29. The fraction of sp³-hybridized carbons (Fsp3) is 1.00. The average Bonchev–Trinajstić information content (AvgIpc) is 1.61. The van der Waals surface area contributed by atoms with Gasteiger partial charge in [-0.3, -0.25) is 0 Å². The zero-order valence-corrected chi connectivity index (χ0v) is 6.09.